The molecule has 2 aliphatic carbocycles. The first kappa shape index (κ1) is 8.89. The zero-order valence-electron chi connectivity index (χ0n) is 8.19. The average Bonchev–Trinajstić information content (AvgIpc) is 2.68. The molecule has 3 nitrogen and oxygen atoms in total. The van der Waals surface area contributed by atoms with Crippen LogP contribution < -0.4 is 0 Å². The van der Waals surface area contributed by atoms with Crippen LogP contribution in [0.4, 0.5) is 0 Å². The lowest BCUT2D eigenvalue weighted by Crippen LogP contribution is -2.35. The van der Waals surface area contributed by atoms with E-state index in [-0.39, 0.29) is 18.0 Å². The predicted molar refractivity (Wildman–Crippen MR) is 50.7 cm³/mol. The van der Waals surface area contributed by atoms with Gasteiger partial charge >= 0.3 is 0 Å². The fourth-order valence-corrected chi connectivity index (χ4v) is 2.73. The van der Waals surface area contributed by atoms with Gasteiger partial charge in [0, 0.05) is 12.8 Å². The highest BCUT2D eigenvalue weighted by atomic mass is 16.8. The van der Waals surface area contributed by atoms with E-state index in [1.54, 1.807) is 6.08 Å². The number of ether oxygens (including phenoxy) is 2. The molecule has 1 saturated heterocycles. The number of rotatable bonds is 0. The van der Waals surface area contributed by atoms with Crippen molar-refractivity contribution in [1.82, 2.24) is 0 Å². The molecule has 0 aromatic carbocycles. The zero-order valence-corrected chi connectivity index (χ0v) is 8.19. The van der Waals surface area contributed by atoms with Crippen LogP contribution in [0.15, 0.2) is 12.2 Å². The molecule has 3 rings (SSSR count). The number of hydrogen-bond acceptors (Lipinski definition) is 3. The minimum Gasteiger partial charge on any atom is -0.386 e. The lowest BCUT2D eigenvalue weighted by atomic mass is 9.94. The molecule has 3 aliphatic rings. The van der Waals surface area contributed by atoms with E-state index < -0.39 is 6.10 Å². The summed E-state index contributed by atoms with van der Waals surface area (Å²) in [6, 6.07) is 0. The van der Waals surface area contributed by atoms with Crippen LogP contribution in [0.2, 0.25) is 0 Å². The molecule has 3 atom stereocenters. The average molecular weight is 196 g/mol. The molecular formula is C11H16O3. The summed E-state index contributed by atoms with van der Waals surface area (Å²) >= 11 is 0. The predicted octanol–water partition coefficient (Wildman–Crippen LogP) is 1.36. The molecule has 78 valence electrons. The molecule has 0 radical (unpaired) electrons. The molecule has 1 N–H and O–H groups in total. The highest BCUT2D eigenvalue weighted by molar-refractivity contribution is 5.13. The highest BCUT2D eigenvalue weighted by Gasteiger charge is 2.50. The number of fused-ring (bicyclic) bond motifs is 1. The summed E-state index contributed by atoms with van der Waals surface area (Å²) < 4.78 is 11.8. The highest BCUT2D eigenvalue weighted by Crippen LogP contribution is 2.43. The van der Waals surface area contributed by atoms with Crippen LogP contribution in [0.5, 0.6) is 0 Å². The second-order valence-electron chi connectivity index (χ2n) is 4.51. The van der Waals surface area contributed by atoms with E-state index in [0.29, 0.717) is 0 Å². The Labute approximate surface area is 83.7 Å². The maximum Gasteiger partial charge on any atom is 0.169 e. The SMILES string of the molecule is OC1C=C[C@@H]2OC3(CCCCC3)O[C@H]12. The van der Waals surface area contributed by atoms with Gasteiger partial charge in [0.1, 0.15) is 18.3 Å². The van der Waals surface area contributed by atoms with Crippen molar-refractivity contribution in [3.63, 3.8) is 0 Å². The standard InChI is InChI=1S/C11H16O3/c12-8-4-5-9-10(8)14-11(13-9)6-2-1-3-7-11/h4-5,8-10,12H,1-3,6-7H2/t8?,9-,10+/m0/s1. The normalized spacial score (nSPS) is 44.5. The summed E-state index contributed by atoms with van der Waals surface area (Å²) in [6.07, 6.45) is 8.68. The maximum absolute atomic E-state index is 9.62. The van der Waals surface area contributed by atoms with Crippen LogP contribution in [0.25, 0.3) is 0 Å². The second-order valence-corrected chi connectivity index (χ2v) is 4.51. The van der Waals surface area contributed by atoms with Crippen LogP contribution >= 0.6 is 0 Å². The molecule has 2 fully saturated rings. The van der Waals surface area contributed by atoms with E-state index in [0.717, 1.165) is 12.8 Å². The third-order valence-electron chi connectivity index (χ3n) is 3.48. The van der Waals surface area contributed by atoms with Crippen LogP contribution in [0.3, 0.4) is 0 Å². The van der Waals surface area contributed by atoms with Crippen LogP contribution in [0.1, 0.15) is 32.1 Å². The molecule has 1 aliphatic heterocycles. The third-order valence-corrected chi connectivity index (χ3v) is 3.48. The minimum atomic E-state index is -0.471. The molecule has 0 amide bonds. The molecule has 0 aromatic heterocycles. The summed E-state index contributed by atoms with van der Waals surface area (Å²) in [7, 11) is 0. The quantitative estimate of drug-likeness (QED) is 0.594. The van der Waals surface area contributed by atoms with Crippen molar-refractivity contribution in [1.29, 1.82) is 0 Å². The van der Waals surface area contributed by atoms with E-state index in [1.807, 2.05) is 6.08 Å². The van der Waals surface area contributed by atoms with Gasteiger partial charge in [-0.3, -0.25) is 0 Å². The first-order chi connectivity index (χ1) is 6.79. The summed E-state index contributed by atoms with van der Waals surface area (Å²) in [4.78, 5) is 0. The first-order valence-electron chi connectivity index (χ1n) is 5.51. The van der Waals surface area contributed by atoms with Crippen molar-refractivity contribution in [2.75, 3.05) is 0 Å². The Kier molecular flexibility index (Phi) is 1.94. The topological polar surface area (TPSA) is 38.7 Å². The largest absolute Gasteiger partial charge is 0.386 e. The number of hydrogen-bond donors (Lipinski definition) is 1. The van der Waals surface area contributed by atoms with Crippen molar-refractivity contribution >= 4 is 0 Å². The fourth-order valence-electron chi connectivity index (χ4n) is 2.73. The summed E-state index contributed by atoms with van der Waals surface area (Å²) in [6.45, 7) is 0. The summed E-state index contributed by atoms with van der Waals surface area (Å²) in [5, 5.41) is 9.62. The Bertz CT molecular complexity index is 255. The first-order valence-corrected chi connectivity index (χ1v) is 5.51. The van der Waals surface area contributed by atoms with Crippen LogP contribution in [0, 0.1) is 0 Å². The molecule has 1 saturated carbocycles. The second kappa shape index (κ2) is 3.05. The van der Waals surface area contributed by atoms with E-state index in [1.165, 1.54) is 19.3 Å². The molecule has 1 heterocycles. The van der Waals surface area contributed by atoms with Gasteiger partial charge in [-0.05, 0) is 12.8 Å². The molecule has 14 heavy (non-hydrogen) atoms. The minimum absolute atomic E-state index is 0.0110. The molecular weight excluding hydrogens is 180 g/mol. The monoisotopic (exact) mass is 196 g/mol. The maximum atomic E-state index is 9.62. The van der Waals surface area contributed by atoms with Crippen molar-refractivity contribution in [3.8, 4) is 0 Å². The fraction of sp³-hybridized carbons (Fsp3) is 0.818. The third kappa shape index (κ3) is 1.23. The van der Waals surface area contributed by atoms with Crippen LogP contribution in [-0.2, 0) is 9.47 Å². The van der Waals surface area contributed by atoms with Crippen molar-refractivity contribution in [2.24, 2.45) is 0 Å². The van der Waals surface area contributed by atoms with E-state index in [9.17, 15) is 5.11 Å². The van der Waals surface area contributed by atoms with Crippen molar-refractivity contribution < 1.29 is 14.6 Å². The van der Waals surface area contributed by atoms with Crippen molar-refractivity contribution in [2.45, 2.75) is 56.2 Å². The number of aliphatic hydroxyl groups is 1. The smallest absolute Gasteiger partial charge is 0.169 e. The lowest BCUT2D eigenvalue weighted by molar-refractivity contribution is -0.197. The molecule has 3 heteroatoms. The van der Waals surface area contributed by atoms with E-state index in [4.69, 9.17) is 9.47 Å². The number of aliphatic hydroxyl groups excluding tert-OH is 1. The van der Waals surface area contributed by atoms with Gasteiger partial charge in [0.25, 0.3) is 0 Å². The van der Waals surface area contributed by atoms with Gasteiger partial charge in [0.05, 0.1) is 0 Å². The van der Waals surface area contributed by atoms with Crippen molar-refractivity contribution in [3.05, 3.63) is 12.2 Å². The van der Waals surface area contributed by atoms with Crippen LogP contribution in [-0.4, -0.2) is 29.2 Å². The Morgan fingerprint density at radius 1 is 1.07 bits per heavy atom. The van der Waals surface area contributed by atoms with Gasteiger partial charge < -0.3 is 14.6 Å². The van der Waals surface area contributed by atoms with Gasteiger partial charge in [0.2, 0.25) is 0 Å². The van der Waals surface area contributed by atoms with Gasteiger partial charge in [-0.2, -0.15) is 0 Å². The van der Waals surface area contributed by atoms with Gasteiger partial charge in [-0.1, -0.05) is 18.6 Å². The molecule has 1 unspecified atom stereocenters. The van der Waals surface area contributed by atoms with Gasteiger partial charge in [-0.15, -0.1) is 0 Å². The summed E-state index contributed by atoms with van der Waals surface area (Å²) in [5.41, 5.74) is 0. The Hall–Kier alpha value is -0.380. The lowest BCUT2D eigenvalue weighted by Gasteiger charge is -2.32. The summed E-state index contributed by atoms with van der Waals surface area (Å²) in [5.74, 6) is -0.362. The van der Waals surface area contributed by atoms with E-state index in [2.05, 4.69) is 0 Å². The van der Waals surface area contributed by atoms with Gasteiger partial charge in [0.15, 0.2) is 5.79 Å². The van der Waals surface area contributed by atoms with E-state index >= 15 is 0 Å². The zero-order chi connectivity index (χ0) is 9.60. The Balaban J connectivity index is 1.77. The molecule has 1 spiro atoms. The molecule has 0 aromatic rings. The Morgan fingerprint density at radius 3 is 2.57 bits per heavy atom. The Morgan fingerprint density at radius 2 is 1.86 bits per heavy atom. The molecule has 0 bridgehead atoms. The van der Waals surface area contributed by atoms with Gasteiger partial charge in [-0.25, -0.2) is 0 Å².